The maximum Gasteiger partial charge on any atom is 0.338 e. The number of para-hydroxylation sites is 1. The van der Waals surface area contributed by atoms with Crippen LogP contribution in [0.15, 0.2) is 82.7 Å². The Morgan fingerprint density at radius 2 is 1.86 bits per heavy atom. The summed E-state index contributed by atoms with van der Waals surface area (Å²) in [5, 5.41) is 9.87. The minimum atomic E-state index is -0.415. The molecule has 4 rings (SSSR count). The predicted octanol–water partition coefficient (Wildman–Crippen LogP) is 5.94. The van der Waals surface area contributed by atoms with Crippen LogP contribution in [0.3, 0.4) is 0 Å². The number of nitriles is 1. The zero-order valence-corrected chi connectivity index (χ0v) is 21.3. The van der Waals surface area contributed by atoms with Gasteiger partial charge in [0.2, 0.25) is 0 Å². The molecule has 1 amide bonds. The van der Waals surface area contributed by atoms with Crippen molar-refractivity contribution >= 4 is 40.6 Å². The first-order valence-corrected chi connectivity index (χ1v) is 12.6. The summed E-state index contributed by atoms with van der Waals surface area (Å²) in [6.07, 6.45) is 1.79. The number of amides is 1. The smallest absolute Gasteiger partial charge is 0.338 e. The molecule has 0 saturated carbocycles. The second-order valence-corrected chi connectivity index (χ2v) is 8.93. The summed E-state index contributed by atoms with van der Waals surface area (Å²) >= 11 is 1.27. The first-order valence-electron chi connectivity index (χ1n) is 11.8. The van der Waals surface area contributed by atoms with Crippen molar-refractivity contribution in [2.75, 3.05) is 13.2 Å². The van der Waals surface area contributed by atoms with Crippen molar-refractivity contribution in [2.24, 2.45) is 4.99 Å². The van der Waals surface area contributed by atoms with E-state index in [0.29, 0.717) is 39.2 Å². The Hall–Kier alpha value is -4.35. The molecule has 3 aromatic rings. The van der Waals surface area contributed by atoms with Gasteiger partial charge in [0.15, 0.2) is 5.17 Å². The van der Waals surface area contributed by atoms with E-state index < -0.39 is 5.97 Å². The van der Waals surface area contributed by atoms with Crippen LogP contribution in [-0.2, 0) is 16.1 Å². The number of hydrogen-bond donors (Lipinski definition) is 0. The van der Waals surface area contributed by atoms with Gasteiger partial charge in [0.1, 0.15) is 12.4 Å². The zero-order valence-electron chi connectivity index (χ0n) is 20.5. The third-order valence-corrected chi connectivity index (χ3v) is 6.52. The summed E-state index contributed by atoms with van der Waals surface area (Å²) in [6, 6.07) is 23.7. The number of carbonyl (C=O) groups is 2. The van der Waals surface area contributed by atoms with E-state index in [2.05, 4.69) is 11.1 Å². The topological polar surface area (TPSA) is 92.0 Å². The molecule has 1 fully saturated rings. The molecule has 0 atom stereocenters. The fourth-order valence-corrected chi connectivity index (χ4v) is 4.73. The SMILES string of the molecule is CCOC(=O)c1cccc(N=C2SC(=Cc3ccccc3OCc3ccccc3C#N)C(=O)N2CC)c1. The van der Waals surface area contributed by atoms with E-state index in [1.807, 2.05) is 49.4 Å². The second kappa shape index (κ2) is 12.1. The van der Waals surface area contributed by atoms with Gasteiger partial charge in [-0.3, -0.25) is 9.69 Å². The van der Waals surface area contributed by atoms with Gasteiger partial charge in [0.25, 0.3) is 5.91 Å². The maximum atomic E-state index is 13.2. The van der Waals surface area contributed by atoms with E-state index in [1.165, 1.54) is 11.8 Å². The highest BCUT2D eigenvalue weighted by molar-refractivity contribution is 8.18. The van der Waals surface area contributed by atoms with Gasteiger partial charge in [-0.1, -0.05) is 42.5 Å². The van der Waals surface area contributed by atoms with Crippen molar-refractivity contribution in [1.82, 2.24) is 4.90 Å². The highest BCUT2D eigenvalue weighted by atomic mass is 32.2. The first-order chi connectivity index (χ1) is 18.0. The lowest BCUT2D eigenvalue weighted by atomic mass is 10.1. The minimum absolute atomic E-state index is 0.155. The molecule has 1 aliphatic heterocycles. The van der Waals surface area contributed by atoms with Crippen LogP contribution in [0.25, 0.3) is 6.08 Å². The summed E-state index contributed by atoms with van der Waals surface area (Å²) in [7, 11) is 0. The molecular weight excluding hydrogens is 486 g/mol. The van der Waals surface area contributed by atoms with E-state index >= 15 is 0 Å². The number of ether oxygens (including phenoxy) is 2. The molecule has 0 N–H and O–H groups in total. The van der Waals surface area contributed by atoms with Gasteiger partial charge in [-0.25, -0.2) is 9.79 Å². The summed E-state index contributed by atoms with van der Waals surface area (Å²) in [5.41, 5.74) is 3.05. The number of hydrogen-bond acceptors (Lipinski definition) is 7. The van der Waals surface area contributed by atoms with E-state index in [0.717, 1.165) is 11.1 Å². The highest BCUT2D eigenvalue weighted by Crippen LogP contribution is 2.35. The van der Waals surface area contributed by atoms with Gasteiger partial charge >= 0.3 is 5.97 Å². The quantitative estimate of drug-likeness (QED) is 0.275. The molecule has 0 aromatic heterocycles. The van der Waals surface area contributed by atoms with Gasteiger partial charge in [-0.2, -0.15) is 5.26 Å². The molecule has 0 unspecified atom stereocenters. The van der Waals surface area contributed by atoms with Crippen LogP contribution in [0.1, 0.15) is 40.9 Å². The molecule has 1 aliphatic rings. The minimum Gasteiger partial charge on any atom is -0.488 e. The fraction of sp³-hybridized carbons (Fsp3) is 0.172. The number of esters is 1. The lowest BCUT2D eigenvalue weighted by Crippen LogP contribution is -2.28. The molecule has 37 heavy (non-hydrogen) atoms. The normalized spacial score (nSPS) is 15.2. The van der Waals surface area contributed by atoms with Gasteiger partial charge in [-0.15, -0.1) is 0 Å². The van der Waals surface area contributed by atoms with Crippen LogP contribution in [0.5, 0.6) is 5.75 Å². The van der Waals surface area contributed by atoms with Crippen molar-refractivity contribution in [1.29, 1.82) is 5.26 Å². The van der Waals surface area contributed by atoms with Crippen LogP contribution >= 0.6 is 11.8 Å². The lowest BCUT2D eigenvalue weighted by Gasteiger charge is -2.12. The Morgan fingerprint density at radius 1 is 1.08 bits per heavy atom. The number of aliphatic imine (C=N–C) groups is 1. The standard InChI is InChI=1S/C29H25N3O4S/c1-3-32-27(33)26(37-29(32)31-24-14-9-13-21(16-24)28(34)35-4-2)17-20-10-7-8-15-25(20)36-19-23-12-6-5-11-22(23)18-30/h5-17H,3-4,19H2,1-2H3. The lowest BCUT2D eigenvalue weighted by molar-refractivity contribution is -0.122. The average Bonchev–Trinajstić information content (AvgIpc) is 3.21. The van der Waals surface area contributed by atoms with Crippen molar-refractivity contribution in [3.8, 4) is 11.8 Å². The molecule has 1 saturated heterocycles. The fourth-order valence-electron chi connectivity index (χ4n) is 3.68. The number of amidine groups is 1. The molecule has 0 bridgehead atoms. The van der Waals surface area contributed by atoms with Crippen LogP contribution in [0.2, 0.25) is 0 Å². The number of carbonyl (C=O) groups excluding carboxylic acids is 2. The van der Waals surface area contributed by atoms with Gasteiger partial charge in [0.05, 0.1) is 34.4 Å². The summed E-state index contributed by atoms with van der Waals surface area (Å²) in [4.78, 5) is 32.0. The molecule has 3 aromatic carbocycles. The number of benzene rings is 3. The number of likely N-dealkylation sites (N-methyl/N-ethyl adjacent to an activating group) is 1. The molecule has 0 spiro atoms. The highest BCUT2D eigenvalue weighted by Gasteiger charge is 2.32. The molecule has 1 heterocycles. The van der Waals surface area contributed by atoms with Crippen LogP contribution in [-0.4, -0.2) is 35.1 Å². The summed E-state index contributed by atoms with van der Waals surface area (Å²) in [5.74, 6) is 0.0331. The van der Waals surface area contributed by atoms with E-state index in [1.54, 1.807) is 48.2 Å². The Bertz CT molecular complexity index is 1420. The second-order valence-electron chi connectivity index (χ2n) is 7.92. The number of nitrogens with zero attached hydrogens (tertiary/aromatic N) is 3. The van der Waals surface area contributed by atoms with Crippen LogP contribution in [0.4, 0.5) is 5.69 Å². The third-order valence-electron chi connectivity index (χ3n) is 5.51. The third kappa shape index (κ3) is 6.08. The average molecular weight is 512 g/mol. The molecule has 0 radical (unpaired) electrons. The van der Waals surface area contributed by atoms with E-state index in [4.69, 9.17) is 9.47 Å². The zero-order chi connectivity index (χ0) is 26.2. The molecule has 7 nitrogen and oxygen atoms in total. The number of rotatable bonds is 8. The van der Waals surface area contributed by atoms with Crippen molar-refractivity contribution in [2.45, 2.75) is 20.5 Å². The molecular formula is C29H25N3O4S. The molecule has 0 aliphatic carbocycles. The van der Waals surface area contributed by atoms with Crippen LogP contribution in [0, 0.1) is 11.3 Å². The van der Waals surface area contributed by atoms with E-state index in [-0.39, 0.29) is 19.1 Å². The van der Waals surface area contributed by atoms with Crippen molar-refractivity contribution in [3.63, 3.8) is 0 Å². The summed E-state index contributed by atoms with van der Waals surface area (Å²) in [6.45, 7) is 4.60. The Balaban J connectivity index is 1.59. The summed E-state index contributed by atoms with van der Waals surface area (Å²) < 4.78 is 11.1. The van der Waals surface area contributed by atoms with Crippen molar-refractivity contribution in [3.05, 3.63) is 100.0 Å². The van der Waals surface area contributed by atoms with Crippen molar-refractivity contribution < 1.29 is 19.1 Å². The van der Waals surface area contributed by atoms with Gasteiger partial charge in [-0.05, 0) is 62.0 Å². The van der Waals surface area contributed by atoms with Gasteiger partial charge < -0.3 is 9.47 Å². The Kier molecular flexibility index (Phi) is 8.39. The Labute approximate surface area is 220 Å². The largest absolute Gasteiger partial charge is 0.488 e. The Morgan fingerprint density at radius 3 is 2.65 bits per heavy atom. The van der Waals surface area contributed by atoms with Gasteiger partial charge in [0, 0.05) is 17.7 Å². The van der Waals surface area contributed by atoms with Crippen LogP contribution < -0.4 is 4.74 Å². The monoisotopic (exact) mass is 511 g/mol. The van der Waals surface area contributed by atoms with E-state index in [9.17, 15) is 14.9 Å². The number of thioether (sulfide) groups is 1. The molecule has 8 heteroatoms. The molecule has 186 valence electrons. The predicted molar refractivity (Wildman–Crippen MR) is 144 cm³/mol. The first kappa shape index (κ1) is 25.7. The maximum absolute atomic E-state index is 13.2.